The Morgan fingerprint density at radius 2 is 2.05 bits per heavy atom. The van der Waals surface area contributed by atoms with Crippen LogP contribution in [0, 0.1) is 0 Å². The van der Waals surface area contributed by atoms with Crippen molar-refractivity contribution in [3.63, 3.8) is 0 Å². The van der Waals surface area contributed by atoms with Gasteiger partial charge in [0.2, 0.25) is 5.43 Å². The number of hydrogen-bond acceptors (Lipinski definition) is 3. The first-order chi connectivity index (χ1) is 9.70. The van der Waals surface area contributed by atoms with Crippen LogP contribution in [0.5, 0.6) is 11.5 Å². The summed E-state index contributed by atoms with van der Waals surface area (Å²) in [6, 6.07) is 10.3. The lowest BCUT2D eigenvalue weighted by molar-refractivity contribution is 0.361. The van der Waals surface area contributed by atoms with Crippen LogP contribution in [0.15, 0.2) is 53.8 Å². The Morgan fingerprint density at radius 3 is 2.85 bits per heavy atom. The SMILES string of the molecule is C=CCOc1cc(O)c2c(=O)c3ccccc3[nH]c2c1. The van der Waals surface area contributed by atoms with E-state index >= 15 is 0 Å². The van der Waals surface area contributed by atoms with E-state index in [-0.39, 0.29) is 16.6 Å². The molecule has 0 aliphatic carbocycles. The van der Waals surface area contributed by atoms with E-state index in [4.69, 9.17) is 4.74 Å². The molecule has 100 valence electrons. The lowest BCUT2D eigenvalue weighted by Crippen LogP contribution is -2.05. The van der Waals surface area contributed by atoms with Gasteiger partial charge in [-0.3, -0.25) is 4.79 Å². The normalized spacial score (nSPS) is 10.8. The number of ether oxygens (including phenoxy) is 1. The lowest BCUT2D eigenvalue weighted by Gasteiger charge is -2.08. The van der Waals surface area contributed by atoms with E-state index in [1.165, 1.54) is 6.07 Å². The molecular formula is C16H13NO3. The van der Waals surface area contributed by atoms with Gasteiger partial charge in [-0.2, -0.15) is 0 Å². The van der Waals surface area contributed by atoms with Crippen molar-refractivity contribution in [2.24, 2.45) is 0 Å². The maximum Gasteiger partial charge on any atom is 0.200 e. The third kappa shape index (κ3) is 1.91. The molecule has 1 aromatic heterocycles. The molecule has 4 heteroatoms. The molecule has 0 amide bonds. The third-order valence-electron chi connectivity index (χ3n) is 3.13. The zero-order valence-electron chi connectivity index (χ0n) is 10.7. The zero-order chi connectivity index (χ0) is 14.1. The van der Waals surface area contributed by atoms with Gasteiger partial charge in [0.1, 0.15) is 18.1 Å². The number of aromatic nitrogens is 1. The topological polar surface area (TPSA) is 62.3 Å². The molecule has 3 rings (SSSR count). The van der Waals surface area contributed by atoms with Crippen LogP contribution in [-0.2, 0) is 0 Å². The number of phenolic OH excluding ortho intramolecular Hbond substituents is 1. The molecule has 20 heavy (non-hydrogen) atoms. The van der Waals surface area contributed by atoms with Crippen LogP contribution < -0.4 is 10.2 Å². The number of fused-ring (bicyclic) bond motifs is 2. The van der Waals surface area contributed by atoms with Crippen molar-refractivity contribution in [2.45, 2.75) is 0 Å². The first kappa shape index (κ1) is 12.3. The van der Waals surface area contributed by atoms with Gasteiger partial charge in [-0.25, -0.2) is 0 Å². The molecule has 3 aromatic rings. The Kier molecular flexibility index (Phi) is 2.91. The summed E-state index contributed by atoms with van der Waals surface area (Å²) in [5.74, 6) is 0.398. The van der Waals surface area contributed by atoms with E-state index in [0.717, 1.165) is 5.52 Å². The number of benzene rings is 2. The van der Waals surface area contributed by atoms with E-state index in [1.807, 2.05) is 12.1 Å². The second-order valence-corrected chi connectivity index (χ2v) is 4.46. The van der Waals surface area contributed by atoms with E-state index in [0.29, 0.717) is 23.3 Å². The fourth-order valence-corrected chi connectivity index (χ4v) is 2.25. The van der Waals surface area contributed by atoms with Gasteiger partial charge in [-0.1, -0.05) is 24.8 Å². The minimum atomic E-state index is -0.192. The van der Waals surface area contributed by atoms with Crippen molar-refractivity contribution in [1.29, 1.82) is 0 Å². The van der Waals surface area contributed by atoms with Crippen LogP contribution in [0.25, 0.3) is 21.8 Å². The smallest absolute Gasteiger partial charge is 0.200 e. The van der Waals surface area contributed by atoms with E-state index in [1.54, 1.807) is 24.3 Å². The monoisotopic (exact) mass is 267 g/mol. The molecule has 1 heterocycles. The molecule has 0 saturated carbocycles. The van der Waals surface area contributed by atoms with Crippen molar-refractivity contribution < 1.29 is 9.84 Å². The predicted molar refractivity (Wildman–Crippen MR) is 79.4 cm³/mol. The first-order valence-corrected chi connectivity index (χ1v) is 6.22. The van der Waals surface area contributed by atoms with Crippen LogP contribution in [0.1, 0.15) is 0 Å². The van der Waals surface area contributed by atoms with Crippen LogP contribution >= 0.6 is 0 Å². The Balaban J connectivity index is 2.33. The number of phenols is 1. The van der Waals surface area contributed by atoms with Crippen LogP contribution in [0.3, 0.4) is 0 Å². The summed E-state index contributed by atoms with van der Waals surface area (Å²) in [5.41, 5.74) is 1.08. The number of pyridine rings is 1. The minimum absolute atomic E-state index is 0.0893. The molecule has 2 N–H and O–H groups in total. The van der Waals surface area contributed by atoms with Gasteiger partial charge < -0.3 is 14.8 Å². The maximum absolute atomic E-state index is 12.4. The molecule has 0 saturated heterocycles. The highest BCUT2D eigenvalue weighted by Crippen LogP contribution is 2.28. The number of rotatable bonds is 3. The summed E-state index contributed by atoms with van der Waals surface area (Å²) in [7, 11) is 0. The number of aromatic hydroxyl groups is 1. The lowest BCUT2D eigenvalue weighted by atomic mass is 10.1. The van der Waals surface area contributed by atoms with Crippen molar-refractivity contribution in [3.05, 3.63) is 59.3 Å². The van der Waals surface area contributed by atoms with Gasteiger partial charge in [0.25, 0.3) is 0 Å². The van der Waals surface area contributed by atoms with E-state index < -0.39 is 0 Å². The molecule has 0 unspecified atom stereocenters. The second kappa shape index (κ2) is 4.74. The van der Waals surface area contributed by atoms with Gasteiger partial charge in [0.05, 0.1) is 10.9 Å². The largest absolute Gasteiger partial charge is 0.507 e. The standard InChI is InChI=1S/C16H13NO3/c1-2-7-20-10-8-13-15(14(18)9-10)16(19)11-5-3-4-6-12(11)17-13/h2-6,8-9,18H,1,7H2,(H,17,19). The predicted octanol–water partition coefficient (Wildman–Crippen LogP) is 2.95. The zero-order valence-corrected chi connectivity index (χ0v) is 10.7. The highest BCUT2D eigenvalue weighted by molar-refractivity contribution is 5.96. The number of H-pyrrole nitrogens is 1. The van der Waals surface area contributed by atoms with Crippen molar-refractivity contribution in [1.82, 2.24) is 4.98 Å². The van der Waals surface area contributed by atoms with Crippen molar-refractivity contribution in [3.8, 4) is 11.5 Å². The fourth-order valence-electron chi connectivity index (χ4n) is 2.25. The molecule has 0 fully saturated rings. The fraction of sp³-hybridized carbons (Fsp3) is 0.0625. The molecule has 0 spiro atoms. The summed E-state index contributed by atoms with van der Waals surface area (Å²) in [6.07, 6.45) is 1.62. The van der Waals surface area contributed by atoms with Crippen LogP contribution in [-0.4, -0.2) is 16.7 Å². The Hall–Kier alpha value is -2.75. The summed E-state index contributed by atoms with van der Waals surface area (Å²) in [4.78, 5) is 15.5. The van der Waals surface area contributed by atoms with Crippen molar-refractivity contribution >= 4 is 21.8 Å². The molecule has 0 aliphatic heterocycles. The summed E-state index contributed by atoms with van der Waals surface area (Å²) >= 11 is 0. The molecular weight excluding hydrogens is 254 g/mol. The first-order valence-electron chi connectivity index (χ1n) is 6.22. The molecule has 2 aromatic carbocycles. The van der Waals surface area contributed by atoms with Crippen LogP contribution in [0.2, 0.25) is 0 Å². The molecule has 0 bridgehead atoms. The summed E-state index contributed by atoms with van der Waals surface area (Å²) < 4.78 is 5.40. The molecule has 4 nitrogen and oxygen atoms in total. The Labute approximate surface area is 114 Å². The van der Waals surface area contributed by atoms with Gasteiger partial charge in [0, 0.05) is 23.0 Å². The van der Waals surface area contributed by atoms with Crippen LogP contribution in [0.4, 0.5) is 0 Å². The summed E-state index contributed by atoms with van der Waals surface area (Å²) in [6.45, 7) is 3.91. The van der Waals surface area contributed by atoms with Gasteiger partial charge in [-0.05, 0) is 12.1 Å². The third-order valence-corrected chi connectivity index (χ3v) is 3.13. The van der Waals surface area contributed by atoms with E-state index in [9.17, 15) is 9.90 Å². The highest BCUT2D eigenvalue weighted by Gasteiger charge is 2.11. The average molecular weight is 267 g/mol. The van der Waals surface area contributed by atoms with Crippen molar-refractivity contribution in [2.75, 3.05) is 6.61 Å². The number of nitrogens with one attached hydrogen (secondary N) is 1. The maximum atomic E-state index is 12.4. The number of hydrogen-bond donors (Lipinski definition) is 2. The number of para-hydroxylation sites is 1. The molecule has 0 aliphatic rings. The highest BCUT2D eigenvalue weighted by atomic mass is 16.5. The number of aromatic amines is 1. The Bertz CT molecular complexity index is 865. The van der Waals surface area contributed by atoms with Gasteiger partial charge in [0.15, 0.2) is 0 Å². The second-order valence-electron chi connectivity index (χ2n) is 4.46. The molecule has 0 atom stereocenters. The molecule has 0 radical (unpaired) electrons. The summed E-state index contributed by atoms with van der Waals surface area (Å²) in [5, 5.41) is 10.9. The van der Waals surface area contributed by atoms with Gasteiger partial charge in [-0.15, -0.1) is 0 Å². The van der Waals surface area contributed by atoms with Gasteiger partial charge >= 0.3 is 0 Å². The minimum Gasteiger partial charge on any atom is -0.507 e. The quantitative estimate of drug-likeness (QED) is 0.566. The van der Waals surface area contributed by atoms with E-state index in [2.05, 4.69) is 11.6 Å². The Morgan fingerprint density at radius 1 is 1.25 bits per heavy atom. The average Bonchev–Trinajstić information content (AvgIpc) is 2.45.